The lowest BCUT2D eigenvalue weighted by molar-refractivity contribution is 0.473. The van der Waals surface area contributed by atoms with Gasteiger partial charge in [-0.1, -0.05) is 0 Å². The maximum Gasteiger partial charge on any atom is 0.0416 e. The molecule has 0 atom stereocenters. The highest BCUT2D eigenvalue weighted by Gasteiger charge is 1.99. The first-order valence-electron chi connectivity index (χ1n) is 2.93. The molecular formula is C4H15N3O2S. The summed E-state index contributed by atoms with van der Waals surface area (Å²) in [6.07, 6.45) is 1.35. The molecule has 5 N–H and O–H groups in total. The van der Waals surface area contributed by atoms with Gasteiger partial charge in [0.2, 0.25) is 0 Å². The normalized spacial score (nSPS) is 13.6. The van der Waals surface area contributed by atoms with Crippen molar-refractivity contribution in [2.75, 3.05) is 26.4 Å². The predicted octanol–water partition coefficient (Wildman–Crippen LogP) is -0.405. The Morgan fingerprint density at radius 1 is 1.30 bits per heavy atom. The highest BCUT2D eigenvalue weighted by Crippen LogP contribution is 2.25. The second-order valence-electron chi connectivity index (χ2n) is 1.90. The molecule has 0 bridgehead atoms. The quantitative estimate of drug-likeness (QED) is 0.286. The van der Waals surface area contributed by atoms with Crippen molar-refractivity contribution in [3.63, 3.8) is 0 Å². The van der Waals surface area contributed by atoms with E-state index in [9.17, 15) is 0 Å². The summed E-state index contributed by atoms with van der Waals surface area (Å²) in [4.78, 5) is 0. The fourth-order valence-corrected chi connectivity index (χ4v) is 0.921. The van der Waals surface area contributed by atoms with E-state index in [-0.39, 0.29) is 0 Å². The van der Waals surface area contributed by atoms with Gasteiger partial charge < -0.3 is 0 Å². The summed E-state index contributed by atoms with van der Waals surface area (Å²) in [5.41, 5.74) is 5.51. The Labute approximate surface area is 62.7 Å². The van der Waals surface area contributed by atoms with E-state index >= 15 is 0 Å². The molecular weight excluding hydrogens is 154 g/mol. The smallest absolute Gasteiger partial charge is 0.0416 e. The third kappa shape index (κ3) is 8.15. The van der Waals surface area contributed by atoms with Crippen LogP contribution in [0.1, 0.15) is 0 Å². The number of nitrogens with one attached hydrogen (secondary N) is 3. The lowest BCUT2D eigenvalue weighted by Crippen LogP contribution is -2.35. The summed E-state index contributed by atoms with van der Waals surface area (Å²) in [6, 6.07) is 0. The molecule has 5 nitrogen and oxygen atoms in total. The van der Waals surface area contributed by atoms with Crippen LogP contribution >= 0.6 is 10.8 Å². The molecule has 0 aliphatic rings. The van der Waals surface area contributed by atoms with Gasteiger partial charge in [-0.15, -0.1) is 10.8 Å². The SMILES string of the molecule is CNNCCNS(C)(O)O. The molecule has 0 radical (unpaired) electrons. The van der Waals surface area contributed by atoms with Crippen LogP contribution in [0.2, 0.25) is 0 Å². The van der Waals surface area contributed by atoms with Crippen molar-refractivity contribution in [2.24, 2.45) is 0 Å². The Balaban J connectivity index is 3.04. The van der Waals surface area contributed by atoms with E-state index in [0.717, 1.165) is 0 Å². The van der Waals surface area contributed by atoms with Crippen LogP contribution < -0.4 is 15.6 Å². The third-order valence-electron chi connectivity index (χ3n) is 0.802. The molecule has 0 fully saturated rings. The first-order valence-corrected chi connectivity index (χ1v) is 4.89. The molecule has 64 valence electrons. The summed E-state index contributed by atoms with van der Waals surface area (Å²) in [5, 5.41) is 0. The minimum Gasteiger partial charge on any atom is -0.286 e. The van der Waals surface area contributed by atoms with Crippen LogP contribution in [0, 0.1) is 0 Å². The molecule has 0 spiro atoms. The summed E-state index contributed by atoms with van der Waals surface area (Å²) in [5.74, 6) is 0. The second-order valence-corrected chi connectivity index (χ2v) is 3.86. The minimum absolute atomic E-state index is 0.527. The van der Waals surface area contributed by atoms with E-state index in [1.54, 1.807) is 7.05 Å². The van der Waals surface area contributed by atoms with Crippen molar-refractivity contribution >= 4 is 10.8 Å². The highest BCUT2D eigenvalue weighted by molar-refractivity contribution is 8.22. The summed E-state index contributed by atoms with van der Waals surface area (Å²) < 4.78 is 20.1. The van der Waals surface area contributed by atoms with Crippen molar-refractivity contribution in [3.8, 4) is 0 Å². The maximum absolute atomic E-state index is 8.80. The molecule has 0 amide bonds. The van der Waals surface area contributed by atoms with Gasteiger partial charge in [0.05, 0.1) is 0 Å². The summed E-state index contributed by atoms with van der Waals surface area (Å²) in [7, 11) is -0.768. The van der Waals surface area contributed by atoms with Crippen molar-refractivity contribution in [3.05, 3.63) is 0 Å². The third-order valence-corrected chi connectivity index (χ3v) is 1.55. The van der Waals surface area contributed by atoms with Crippen molar-refractivity contribution in [1.82, 2.24) is 15.6 Å². The number of hydrogen-bond donors (Lipinski definition) is 5. The van der Waals surface area contributed by atoms with Crippen LogP contribution in [0.15, 0.2) is 0 Å². The Hall–Kier alpha value is 0.150. The summed E-state index contributed by atoms with van der Waals surface area (Å²) >= 11 is 0. The average Bonchev–Trinajstić information content (AvgIpc) is 1.78. The summed E-state index contributed by atoms with van der Waals surface area (Å²) in [6.45, 7) is 1.18. The van der Waals surface area contributed by atoms with Gasteiger partial charge in [0.1, 0.15) is 0 Å². The van der Waals surface area contributed by atoms with Gasteiger partial charge in [0.15, 0.2) is 0 Å². The van der Waals surface area contributed by atoms with E-state index in [2.05, 4.69) is 15.6 Å². The lowest BCUT2D eigenvalue weighted by atomic mass is 10.7. The standard InChI is InChI=1S/C4H15N3O2S/c1-5-6-3-4-7-10(2,8)9/h5-9H,3-4H2,1-2H3. The van der Waals surface area contributed by atoms with Gasteiger partial charge in [0, 0.05) is 19.3 Å². The van der Waals surface area contributed by atoms with E-state index in [0.29, 0.717) is 13.1 Å². The Kier molecular flexibility index (Phi) is 4.96. The monoisotopic (exact) mass is 169 g/mol. The fraction of sp³-hybridized carbons (Fsp3) is 1.00. The molecule has 0 rings (SSSR count). The molecule has 0 aromatic carbocycles. The largest absolute Gasteiger partial charge is 0.286 e. The molecule has 0 saturated heterocycles. The molecule has 0 aliphatic carbocycles. The van der Waals surface area contributed by atoms with Gasteiger partial charge in [-0.3, -0.25) is 20.0 Å². The highest BCUT2D eigenvalue weighted by atomic mass is 32.3. The molecule has 0 heterocycles. The number of hydrazine groups is 1. The Bertz CT molecular complexity index is 85.1. The van der Waals surface area contributed by atoms with Crippen molar-refractivity contribution < 1.29 is 9.11 Å². The van der Waals surface area contributed by atoms with Gasteiger partial charge in [-0.25, -0.2) is 4.72 Å². The Morgan fingerprint density at radius 3 is 2.30 bits per heavy atom. The predicted molar refractivity (Wildman–Crippen MR) is 43.8 cm³/mol. The van der Waals surface area contributed by atoms with Crippen LogP contribution in [0.25, 0.3) is 0 Å². The molecule has 0 aromatic rings. The number of rotatable bonds is 5. The van der Waals surface area contributed by atoms with Crippen LogP contribution in [0.5, 0.6) is 0 Å². The lowest BCUT2D eigenvalue weighted by Gasteiger charge is -2.27. The molecule has 0 saturated carbocycles. The van der Waals surface area contributed by atoms with Gasteiger partial charge in [-0.05, 0) is 7.05 Å². The first kappa shape index (κ1) is 10.2. The number of hydrogen-bond acceptors (Lipinski definition) is 5. The molecule has 10 heavy (non-hydrogen) atoms. The molecule has 0 unspecified atom stereocenters. The van der Waals surface area contributed by atoms with Gasteiger partial charge >= 0.3 is 0 Å². The van der Waals surface area contributed by atoms with Crippen molar-refractivity contribution in [2.45, 2.75) is 0 Å². The zero-order chi connectivity index (χ0) is 8.04. The Morgan fingerprint density at radius 2 is 1.90 bits per heavy atom. The fourth-order valence-electron chi connectivity index (χ4n) is 0.432. The van der Waals surface area contributed by atoms with Crippen LogP contribution in [-0.4, -0.2) is 35.5 Å². The van der Waals surface area contributed by atoms with Crippen LogP contribution in [-0.2, 0) is 0 Å². The molecule has 0 aromatic heterocycles. The van der Waals surface area contributed by atoms with Crippen LogP contribution in [0.4, 0.5) is 0 Å². The van der Waals surface area contributed by atoms with Crippen molar-refractivity contribution in [1.29, 1.82) is 0 Å². The van der Waals surface area contributed by atoms with Gasteiger partial charge in [0.25, 0.3) is 0 Å². The molecule has 0 aliphatic heterocycles. The van der Waals surface area contributed by atoms with E-state index < -0.39 is 10.8 Å². The second kappa shape index (κ2) is 4.89. The van der Waals surface area contributed by atoms with E-state index in [1.807, 2.05) is 0 Å². The first-order chi connectivity index (χ1) is 4.56. The minimum atomic E-state index is -2.52. The maximum atomic E-state index is 8.80. The average molecular weight is 169 g/mol. The zero-order valence-corrected chi connectivity index (χ0v) is 7.03. The van der Waals surface area contributed by atoms with E-state index in [4.69, 9.17) is 9.11 Å². The topological polar surface area (TPSA) is 76.5 Å². The zero-order valence-electron chi connectivity index (χ0n) is 6.22. The molecule has 6 heteroatoms. The van der Waals surface area contributed by atoms with Crippen LogP contribution in [0.3, 0.4) is 0 Å². The van der Waals surface area contributed by atoms with Gasteiger partial charge in [-0.2, -0.15) is 0 Å². The van der Waals surface area contributed by atoms with E-state index in [1.165, 1.54) is 6.26 Å².